The summed E-state index contributed by atoms with van der Waals surface area (Å²) in [5.41, 5.74) is 4.88. The lowest BCUT2D eigenvalue weighted by atomic mass is 9.26. The molecule has 0 saturated heterocycles. The number of rotatable bonds is 2. The lowest BCUT2D eigenvalue weighted by Crippen LogP contribution is -2.24. The third kappa shape index (κ3) is 1.33. The first-order chi connectivity index (χ1) is 5.92. The minimum absolute atomic E-state index is 1.27. The zero-order valence-electron chi connectivity index (χ0n) is 7.77. The van der Waals surface area contributed by atoms with Crippen molar-refractivity contribution < 1.29 is 0 Å². The van der Waals surface area contributed by atoms with Gasteiger partial charge in [-0.1, -0.05) is 29.2 Å². The van der Waals surface area contributed by atoms with Crippen LogP contribution in [0.4, 0.5) is 0 Å². The van der Waals surface area contributed by atoms with E-state index < -0.39 is 0 Å². The Morgan fingerprint density at radius 2 is 2.17 bits per heavy atom. The van der Waals surface area contributed by atoms with Gasteiger partial charge in [-0.25, -0.2) is 0 Å². The van der Waals surface area contributed by atoms with E-state index in [0.717, 1.165) is 0 Å². The van der Waals surface area contributed by atoms with Crippen molar-refractivity contribution in [2.24, 2.45) is 0 Å². The summed E-state index contributed by atoms with van der Waals surface area (Å²) in [7, 11) is 4.80. The molecule has 0 radical (unpaired) electrons. The van der Waals surface area contributed by atoms with E-state index in [1.807, 2.05) is 0 Å². The van der Waals surface area contributed by atoms with Crippen molar-refractivity contribution in [2.75, 3.05) is 0 Å². The van der Waals surface area contributed by atoms with Gasteiger partial charge in [-0.3, -0.25) is 0 Å². The monoisotopic (exact) mass is 154 g/mol. The van der Waals surface area contributed by atoms with Crippen molar-refractivity contribution in [1.82, 2.24) is 0 Å². The van der Waals surface area contributed by atoms with Gasteiger partial charge in [0.1, 0.15) is 7.17 Å². The maximum absolute atomic E-state index is 2.30. The van der Waals surface area contributed by atoms with Gasteiger partial charge in [-0.15, -0.1) is 0 Å². The van der Waals surface area contributed by atoms with Crippen LogP contribution < -0.4 is 5.46 Å². The van der Waals surface area contributed by atoms with Crippen LogP contribution in [0.15, 0.2) is 18.2 Å². The van der Waals surface area contributed by atoms with Crippen LogP contribution in [-0.4, -0.2) is 22.0 Å². The summed E-state index contributed by atoms with van der Waals surface area (Å²) < 4.78 is 0. The van der Waals surface area contributed by atoms with Crippen molar-refractivity contribution in [3.63, 3.8) is 0 Å². The Bertz CT molecular complexity index is 283. The summed E-state index contributed by atoms with van der Waals surface area (Å²) in [4.78, 5) is 0. The van der Waals surface area contributed by atoms with Crippen LogP contribution in [0.5, 0.6) is 0 Å². The fourth-order valence-electron chi connectivity index (χ4n) is 2.20. The van der Waals surface area contributed by atoms with Gasteiger partial charge in [0.2, 0.25) is 0 Å². The summed E-state index contributed by atoms with van der Waals surface area (Å²) in [6.07, 6.45) is 4.01. The molecule has 0 spiro atoms. The Labute approximate surface area is 76.6 Å². The quantitative estimate of drug-likeness (QED) is 0.485. The third-order valence-corrected chi connectivity index (χ3v) is 2.76. The molecule has 58 valence electrons. The third-order valence-electron chi connectivity index (χ3n) is 2.76. The molecule has 0 heterocycles. The maximum atomic E-state index is 2.30. The molecule has 0 atom stereocenters. The normalized spacial score (nSPS) is 14.0. The summed E-state index contributed by atoms with van der Waals surface area (Å²) in [6, 6.07) is 6.81. The van der Waals surface area contributed by atoms with Crippen molar-refractivity contribution in [1.29, 1.82) is 0 Å². The number of hydrogen-bond acceptors (Lipinski definition) is 0. The van der Waals surface area contributed by atoms with Crippen LogP contribution in [0.1, 0.15) is 17.5 Å². The van der Waals surface area contributed by atoms with E-state index in [1.165, 1.54) is 33.5 Å². The lowest BCUT2D eigenvalue weighted by molar-refractivity contribution is 0.913. The summed E-state index contributed by atoms with van der Waals surface area (Å²) in [6.45, 7) is 0. The van der Waals surface area contributed by atoms with Crippen LogP contribution in [0.3, 0.4) is 0 Å². The number of benzene rings is 1. The van der Waals surface area contributed by atoms with Crippen LogP contribution >= 0.6 is 0 Å². The molecule has 0 fully saturated rings. The molecule has 0 bridgehead atoms. The van der Waals surface area contributed by atoms with Gasteiger partial charge < -0.3 is 0 Å². The highest BCUT2D eigenvalue weighted by Crippen LogP contribution is 2.18. The molecule has 12 heavy (non-hydrogen) atoms. The number of fused-ring (bicyclic) bond motifs is 1. The average Bonchev–Trinajstić information content (AvgIpc) is 2.53. The zero-order chi connectivity index (χ0) is 8.39. The van der Waals surface area contributed by atoms with Crippen molar-refractivity contribution in [3.05, 3.63) is 29.3 Å². The smallest absolute Gasteiger partial charge is 0.0904 e. The van der Waals surface area contributed by atoms with Crippen LogP contribution in [-0.2, 0) is 12.8 Å². The summed E-state index contributed by atoms with van der Waals surface area (Å²) >= 11 is 0. The fraction of sp³-hybridized carbons (Fsp3) is 0.333. The lowest BCUT2D eigenvalue weighted by Gasteiger charge is -2.05. The molecular weight excluding hydrogens is 141 g/mol. The Morgan fingerprint density at radius 1 is 1.25 bits per heavy atom. The van der Waals surface area contributed by atoms with Crippen molar-refractivity contribution in [2.45, 2.75) is 19.3 Å². The zero-order valence-corrected chi connectivity index (χ0v) is 7.77. The van der Waals surface area contributed by atoms with E-state index in [1.54, 1.807) is 16.6 Å². The number of hydrogen-bond donors (Lipinski definition) is 0. The van der Waals surface area contributed by atoms with E-state index in [4.69, 9.17) is 0 Å². The molecule has 0 unspecified atom stereocenters. The minimum atomic E-state index is 1.27. The predicted octanol–water partition coefficient (Wildman–Crippen LogP) is -0.863. The van der Waals surface area contributed by atoms with E-state index in [9.17, 15) is 0 Å². The molecule has 0 N–H and O–H groups in total. The van der Waals surface area contributed by atoms with Crippen molar-refractivity contribution in [3.8, 4) is 0 Å². The molecule has 0 aromatic heterocycles. The molecule has 1 aliphatic carbocycles. The first-order valence-electron chi connectivity index (χ1n) is 5.01. The fourth-order valence-corrected chi connectivity index (χ4v) is 2.20. The second kappa shape index (κ2) is 3.43. The molecule has 1 aliphatic rings. The summed E-state index contributed by atoms with van der Waals surface area (Å²) in [5, 5.41) is 0. The maximum Gasteiger partial charge on any atom is 0.115 e. The van der Waals surface area contributed by atoms with Crippen LogP contribution in [0, 0.1) is 0 Å². The molecule has 3 heteroatoms. The van der Waals surface area contributed by atoms with Gasteiger partial charge in [0, 0.05) is 0 Å². The molecule has 0 aliphatic heterocycles. The Hall–Kier alpha value is -0.585. The van der Waals surface area contributed by atoms with Gasteiger partial charge in [0.05, 0.1) is 14.8 Å². The van der Waals surface area contributed by atoms with Crippen molar-refractivity contribution >= 4 is 27.4 Å². The van der Waals surface area contributed by atoms with Crippen LogP contribution in [0.2, 0.25) is 0 Å². The Kier molecular flexibility index (Phi) is 2.29. The largest absolute Gasteiger partial charge is 0.115 e. The highest BCUT2D eigenvalue weighted by Gasteiger charge is 2.13. The predicted molar refractivity (Wildman–Crippen MR) is 60.9 cm³/mol. The van der Waals surface area contributed by atoms with Crippen LogP contribution in [0.25, 0.3) is 0 Å². The van der Waals surface area contributed by atoms with E-state index in [2.05, 4.69) is 25.9 Å². The minimum Gasteiger partial charge on any atom is -0.0904 e. The number of aryl methyl sites for hydroxylation is 1. The average molecular weight is 154 g/mol. The Morgan fingerprint density at radius 3 is 3.00 bits per heavy atom. The molecule has 2 rings (SSSR count). The first-order valence-corrected chi connectivity index (χ1v) is 5.01. The molecular formula is C9H13B3. The topological polar surface area (TPSA) is 0 Å². The SMILES string of the molecule is BBBc1cccc2c1CCC2. The van der Waals surface area contributed by atoms with Gasteiger partial charge in [0.15, 0.2) is 0 Å². The second-order valence-corrected chi connectivity index (χ2v) is 3.66. The van der Waals surface area contributed by atoms with E-state index in [0.29, 0.717) is 0 Å². The van der Waals surface area contributed by atoms with E-state index >= 15 is 0 Å². The molecule has 0 amide bonds. The second-order valence-electron chi connectivity index (χ2n) is 3.66. The molecule has 0 nitrogen and oxygen atoms in total. The first kappa shape index (κ1) is 8.03. The Balaban J connectivity index is 2.36. The van der Waals surface area contributed by atoms with E-state index in [-0.39, 0.29) is 0 Å². The standard InChI is InChI=1S/C9H13B3/c10-12-11-9-6-2-4-7-3-1-5-8(7)9/h2,4,6,11-12H,1,3,5,10H2. The molecule has 1 aromatic carbocycles. The molecule has 1 aromatic rings. The van der Waals surface area contributed by atoms with Gasteiger partial charge >= 0.3 is 0 Å². The highest BCUT2D eigenvalue weighted by atomic mass is 14.1. The highest BCUT2D eigenvalue weighted by molar-refractivity contribution is 7.27. The van der Waals surface area contributed by atoms with Gasteiger partial charge in [0.25, 0.3) is 0 Å². The van der Waals surface area contributed by atoms with Gasteiger partial charge in [-0.2, -0.15) is 0 Å². The summed E-state index contributed by atoms with van der Waals surface area (Å²) in [5.74, 6) is 0. The van der Waals surface area contributed by atoms with Gasteiger partial charge in [-0.05, 0) is 24.8 Å². The molecule has 0 saturated carbocycles.